The number of rotatable bonds is 7. The molecule has 132 valence electrons. The van der Waals surface area contributed by atoms with Crippen LogP contribution < -0.4 is 10.6 Å². The number of aryl methyl sites for hydroxylation is 1. The van der Waals surface area contributed by atoms with Crippen molar-refractivity contribution in [3.8, 4) is 0 Å². The van der Waals surface area contributed by atoms with Crippen LogP contribution in [0.2, 0.25) is 0 Å². The summed E-state index contributed by atoms with van der Waals surface area (Å²) in [5, 5.41) is 5.55. The third-order valence-corrected chi connectivity index (χ3v) is 3.54. The van der Waals surface area contributed by atoms with Crippen LogP contribution in [0, 0.1) is 12.8 Å². The largest absolute Gasteiger partial charge is 0.447 e. The Kier molecular flexibility index (Phi) is 7.49. The maximum absolute atomic E-state index is 12.6. The van der Waals surface area contributed by atoms with Gasteiger partial charge in [-0.05, 0) is 32.3 Å². The molecule has 2 N–H and O–H groups in total. The van der Waals surface area contributed by atoms with Crippen molar-refractivity contribution in [3.05, 3.63) is 48.0 Å². The Labute approximate surface area is 144 Å². The minimum absolute atomic E-state index is 0.0757. The highest BCUT2D eigenvalue weighted by molar-refractivity contribution is 5.86. The molecule has 0 aliphatic heterocycles. The van der Waals surface area contributed by atoms with E-state index in [0.717, 1.165) is 11.1 Å². The van der Waals surface area contributed by atoms with Crippen LogP contribution in [0.25, 0.3) is 0 Å². The van der Waals surface area contributed by atoms with E-state index in [0.29, 0.717) is 0 Å². The average molecular weight is 332 g/mol. The molecule has 0 heterocycles. The van der Waals surface area contributed by atoms with Crippen LogP contribution in [0.5, 0.6) is 0 Å². The van der Waals surface area contributed by atoms with E-state index in [1.165, 1.54) is 0 Å². The van der Waals surface area contributed by atoms with Crippen molar-refractivity contribution in [2.24, 2.45) is 5.92 Å². The predicted molar refractivity (Wildman–Crippen MR) is 95.6 cm³/mol. The lowest BCUT2D eigenvalue weighted by molar-refractivity contribution is -0.124. The van der Waals surface area contributed by atoms with Crippen LogP contribution in [-0.4, -0.2) is 24.1 Å². The lowest BCUT2D eigenvalue weighted by Gasteiger charge is -2.24. The number of alkyl carbamates (subject to hydrolysis) is 1. The van der Waals surface area contributed by atoms with Gasteiger partial charge in [-0.15, -0.1) is 6.58 Å². The Morgan fingerprint density at radius 2 is 1.67 bits per heavy atom. The molecule has 0 fully saturated rings. The fraction of sp³-hybridized carbons (Fsp3) is 0.474. The number of ether oxygens (including phenoxy) is 1. The first kappa shape index (κ1) is 19.7. The molecular formula is C19H28N2O3. The van der Waals surface area contributed by atoms with Crippen LogP contribution in [-0.2, 0) is 9.53 Å². The van der Waals surface area contributed by atoms with Crippen molar-refractivity contribution in [1.82, 2.24) is 10.6 Å². The monoisotopic (exact) mass is 332 g/mol. The van der Waals surface area contributed by atoms with Crippen molar-refractivity contribution in [2.75, 3.05) is 0 Å². The summed E-state index contributed by atoms with van der Waals surface area (Å²) in [6, 6.07) is 6.87. The van der Waals surface area contributed by atoms with Gasteiger partial charge in [0.05, 0.1) is 12.1 Å². The van der Waals surface area contributed by atoms with E-state index >= 15 is 0 Å². The molecule has 24 heavy (non-hydrogen) atoms. The zero-order valence-corrected chi connectivity index (χ0v) is 15.1. The number of carbonyl (C=O) groups is 2. The summed E-state index contributed by atoms with van der Waals surface area (Å²) < 4.78 is 5.06. The summed E-state index contributed by atoms with van der Waals surface area (Å²) in [7, 11) is 0. The highest BCUT2D eigenvalue weighted by Crippen LogP contribution is 2.16. The van der Waals surface area contributed by atoms with Gasteiger partial charge in [-0.2, -0.15) is 0 Å². The second kappa shape index (κ2) is 9.11. The minimum atomic E-state index is -0.677. The summed E-state index contributed by atoms with van der Waals surface area (Å²) in [6.45, 7) is 13.1. The zero-order chi connectivity index (χ0) is 18.3. The maximum Gasteiger partial charge on any atom is 0.408 e. The Bertz CT molecular complexity index is 564. The quantitative estimate of drug-likeness (QED) is 0.751. The topological polar surface area (TPSA) is 67.4 Å². The Hall–Kier alpha value is -2.30. The van der Waals surface area contributed by atoms with E-state index in [9.17, 15) is 9.59 Å². The highest BCUT2D eigenvalue weighted by atomic mass is 16.6. The number of nitrogens with one attached hydrogen (secondary N) is 2. The van der Waals surface area contributed by atoms with Crippen LogP contribution in [0.15, 0.2) is 36.9 Å². The smallest absolute Gasteiger partial charge is 0.408 e. The summed E-state index contributed by atoms with van der Waals surface area (Å²) in [4.78, 5) is 24.4. The van der Waals surface area contributed by atoms with Gasteiger partial charge < -0.3 is 15.4 Å². The molecule has 5 nitrogen and oxygen atoms in total. The van der Waals surface area contributed by atoms with Crippen molar-refractivity contribution < 1.29 is 14.3 Å². The fourth-order valence-corrected chi connectivity index (χ4v) is 2.21. The van der Waals surface area contributed by atoms with Gasteiger partial charge in [0.2, 0.25) is 5.91 Å². The third kappa shape index (κ3) is 6.07. The molecule has 2 unspecified atom stereocenters. The molecule has 2 amide bonds. The first-order valence-corrected chi connectivity index (χ1v) is 8.21. The Balaban J connectivity index is 2.80. The molecule has 0 aliphatic rings. The van der Waals surface area contributed by atoms with Gasteiger partial charge in [-0.3, -0.25) is 4.79 Å². The van der Waals surface area contributed by atoms with Gasteiger partial charge in [0.1, 0.15) is 6.04 Å². The second-order valence-electron chi connectivity index (χ2n) is 6.45. The van der Waals surface area contributed by atoms with Gasteiger partial charge in [0.25, 0.3) is 0 Å². The van der Waals surface area contributed by atoms with E-state index in [4.69, 9.17) is 4.74 Å². The molecule has 0 radical (unpaired) electrons. The Morgan fingerprint density at radius 1 is 1.08 bits per heavy atom. The molecule has 0 saturated heterocycles. The first-order valence-electron chi connectivity index (χ1n) is 8.21. The fourth-order valence-electron chi connectivity index (χ4n) is 2.21. The summed E-state index contributed by atoms with van der Waals surface area (Å²) >= 11 is 0. The SMILES string of the molecule is C=CC(NC(=O)C(NC(=O)OC(C)C)C(C)C)c1ccc(C)cc1. The van der Waals surface area contributed by atoms with E-state index in [2.05, 4.69) is 17.2 Å². The van der Waals surface area contributed by atoms with Gasteiger partial charge in [0.15, 0.2) is 0 Å². The van der Waals surface area contributed by atoms with Crippen molar-refractivity contribution in [3.63, 3.8) is 0 Å². The van der Waals surface area contributed by atoms with Crippen LogP contribution >= 0.6 is 0 Å². The molecule has 1 aromatic carbocycles. The van der Waals surface area contributed by atoms with Gasteiger partial charge in [-0.1, -0.05) is 49.8 Å². The molecule has 5 heteroatoms. The number of benzene rings is 1. The second-order valence-corrected chi connectivity index (χ2v) is 6.45. The summed E-state index contributed by atoms with van der Waals surface area (Å²) in [6.07, 6.45) is 0.838. The predicted octanol–water partition coefficient (Wildman–Crippen LogP) is 3.50. The molecule has 0 aliphatic carbocycles. The van der Waals surface area contributed by atoms with E-state index in [1.807, 2.05) is 45.0 Å². The van der Waals surface area contributed by atoms with Crippen molar-refractivity contribution in [1.29, 1.82) is 0 Å². The number of hydrogen-bond acceptors (Lipinski definition) is 3. The van der Waals surface area contributed by atoms with Gasteiger partial charge in [0, 0.05) is 0 Å². The number of carbonyl (C=O) groups excluding carboxylic acids is 2. The van der Waals surface area contributed by atoms with Crippen molar-refractivity contribution in [2.45, 2.75) is 52.8 Å². The van der Waals surface area contributed by atoms with E-state index in [1.54, 1.807) is 19.9 Å². The number of amides is 2. The standard InChI is InChI=1S/C19H28N2O3/c1-7-16(15-10-8-14(6)9-11-15)20-18(22)17(12(2)3)21-19(23)24-13(4)5/h7-13,16-17H,1H2,2-6H3,(H,20,22)(H,21,23). The van der Waals surface area contributed by atoms with Crippen LogP contribution in [0.1, 0.15) is 44.9 Å². The molecule has 1 rings (SSSR count). The van der Waals surface area contributed by atoms with E-state index in [-0.39, 0.29) is 24.0 Å². The maximum atomic E-state index is 12.6. The molecule has 0 saturated carbocycles. The minimum Gasteiger partial charge on any atom is -0.447 e. The average Bonchev–Trinajstić information content (AvgIpc) is 2.50. The molecule has 0 aromatic heterocycles. The zero-order valence-electron chi connectivity index (χ0n) is 15.1. The lowest BCUT2D eigenvalue weighted by Crippen LogP contribution is -2.50. The van der Waals surface area contributed by atoms with Crippen LogP contribution in [0.3, 0.4) is 0 Å². The first-order chi connectivity index (χ1) is 11.2. The molecule has 0 bridgehead atoms. The summed E-state index contributed by atoms with van der Waals surface area (Å²) in [5.41, 5.74) is 2.09. The Morgan fingerprint density at radius 3 is 2.12 bits per heavy atom. The van der Waals surface area contributed by atoms with E-state index < -0.39 is 12.1 Å². The number of hydrogen-bond donors (Lipinski definition) is 2. The summed E-state index contributed by atoms with van der Waals surface area (Å²) in [5.74, 6) is -0.343. The van der Waals surface area contributed by atoms with Gasteiger partial charge >= 0.3 is 6.09 Å². The molecule has 2 atom stereocenters. The molecule has 1 aromatic rings. The third-order valence-electron chi connectivity index (χ3n) is 3.54. The normalized spacial score (nSPS) is 13.3. The highest BCUT2D eigenvalue weighted by Gasteiger charge is 2.26. The molecule has 0 spiro atoms. The van der Waals surface area contributed by atoms with Crippen LogP contribution in [0.4, 0.5) is 4.79 Å². The van der Waals surface area contributed by atoms with Crippen molar-refractivity contribution >= 4 is 12.0 Å². The van der Waals surface area contributed by atoms with Gasteiger partial charge in [-0.25, -0.2) is 4.79 Å². The molecular weight excluding hydrogens is 304 g/mol. The lowest BCUT2D eigenvalue weighted by atomic mass is 10.0.